The molecule has 0 unspecified atom stereocenters. The van der Waals surface area contributed by atoms with E-state index in [9.17, 15) is 4.79 Å². The summed E-state index contributed by atoms with van der Waals surface area (Å²) >= 11 is 1.71. The minimum atomic E-state index is -0.820. The number of nitrogens with one attached hydrogen (secondary N) is 1. The summed E-state index contributed by atoms with van der Waals surface area (Å²) in [6.07, 6.45) is 3.18. The molecule has 3 rings (SSSR count). The van der Waals surface area contributed by atoms with Gasteiger partial charge in [0.05, 0.1) is 6.42 Å². The van der Waals surface area contributed by atoms with E-state index in [1.165, 1.54) is 10.4 Å². The van der Waals surface area contributed by atoms with Gasteiger partial charge in [-0.05, 0) is 54.2 Å². The summed E-state index contributed by atoms with van der Waals surface area (Å²) in [5.41, 5.74) is 4.12. The van der Waals surface area contributed by atoms with Crippen molar-refractivity contribution in [1.29, 1.82) is 0 Å². The van der Waals surface area contributed by atoms with Gasteiger partial charge in [0.25, 0.3) is 0 Å². The summed E-state index contributed by atoms with van der Waals surface area (Å²) in [6, 6.07) is 7.78. The van der Waals surface area contributed by atoms with Crippen LogP contribution in [0.15, 0.2) is 35.7 Å². The highest BCUT2D eigenvalue weighted by Gasteiger charge is 2.20. The molecule has 0 radical (unpaired) electrons. The Bertz CT molecular complexity index is 764. The number of rotatable bonds is 6. The van der Waals surface area contributed by atoms with E-state index in [1.807, 2.05) is 18.2 Å². The first kappa shape index (κ1) is 16.7. The highest BCUT2D eigenvalue weighted by molar-refractivity contribution is 7.11. The van der Waals surface area contributed by atoms with Crippen LogP contribution in [0.4, 0.5) is 0 Å². The molecule has 0 amide bonds. The van der Waals surface area contributed by atoms with Crippen molar-refractivity contribution in [2.24, 2.45) is 0 Å². The summed E-state index contributed by atoms with van der Waals surface area (Å²) < 4.78 is 5.95. The molecule has 24 heavy (non-hydrogen) atoms. The van der Waals surface area contributed by atoms with Gasteiger partial charge in [-0.15, -0.1) is 11.3 Å². The molecule has 0 spiro atoms. The number of aliphatic carboxylic acids is 1. The molecular formula is C19H21NO3S. The van der Waals surface area contributed by atoms with Crippen molar-refractivity contribution in [3.63, 3.8) is 0 Å². The number of hydrogen-bond acceptors (Lipinski definition) is 4. The van der Waals surface area contributed by atoms with Crippen LogP contribution in [-0.4, -0.2) is 24.2 Å². The third kappa shape index (κ3) is 3.68. The monoisotopic (exact) mass is 343 g/mol. The smallest absolute Gasteiger partial charge is 0.307 e. The van der Waals surface area contributed by atoms with Crippen LogP contribution < -0.4 is 10.1 Å². The van der Waals surface area contributed by atoms with Crippen LogP contribution in [-0.2, 0) is 17.8 Å². The molecule has 0 aliphatic carbocycles. The first-order valence-electron chi connectivity index (χ1n) is 8.14. The van der Waals surface area contributed by atoms with Crippen LogP contribution in [0.25, 0.3) is 5.57 Å². The van der Waals surface area contributed by atoms with Crippen molar-refractivity contribution < 1.29 is 14.6 Å². The average Bonchev–Trinajstić information content (AvgIpc) is 2.96. The fourth-order valence-electron chi connectivity index (χ4n) is 2.86. The predicted molar refractivity (Wildman–Crippen MR) is 96.7 cm³/mol. The second-order valence-corrected chi connectivity index (χ2v) is 6.64. The SMILES string of the molecule is CCNCC/C=C1/c2cc(CC(=O)O)ccc2OCc2ccsc21. The molecule has 0 atom stereocenters. The van der Waals surface area contributed by atoms with Crippen molar-refractivity contribution in [2.75, 3.05) is 13.1 Å². The number of thiophene rings is 1. The fraction of sp³-hybridized carbons (Fsp3) is 0.316. The van der Waals surface area contributed by atoms with Crippen LogP contribution in [0, 0.1) is 0 Å². The van der Waals surface area contributed by atoms with Gasteiger partial charge in [-0.25, -0.2) is 0 Å². The highest BCUT2D eigenvalue weighted by Crippen LogP contribution is 2.40. The van der Waals surface area contributed by atoms with Gasteiger partial charge in [0.1, 0.15) is 12.4 Å². The Morgan fingerprint density at radius 3 is 3.08 bits per heavy atom. The van der Waals surface area contributed by atoms with E-state index in [0.29, 0.717) is 6.61 Å². The molecule has 4 nitrogen and oxygen atoms in total. The van der Waals surface area contributed by atoms with Crippen molar-refractivity contribution in [1.82, 2.24) is 5.32 Å². The Balaban J connectivity index is 2.01. The zero-order chi connectivity index (χ0) is 16.9. The first-order chi connectivity index (χ1) is 11.7. The molecule has 5 heteroatoms. The summed E-state index contributed by atoms with van der Waals surface area (Å²) in [5.74, 6) is 0.00113. The molecule has 0 bridgehead atoms. The third-order valence-electron chi connectivity index (χ3n) is 3.98. The predicted octanol–water partition coefficient (Wildman–Crippen LogP) is 3.70. The number of hydrogen-bond donors (Lipinski definition) is 2. The van der Waals surface area contributed by atoms with Gasteiger partial charge in [-0.3, -0.25) is 4.79 Å². The van der Waals surface area contributed by atoms with E-state index in [1.54, 1.807) is 11.3 Å². The van der Waals surface area contributed by atoms with E-state index in [2.05, 4.69) is 29.8 Å². The van der Waals surface area contributed by atoms with Gasteiger partial charge in [0.2, 0.25) is 0 Å². The van der Waals surface area contributed by atoms with Crippen molar-refractivity contribution in [3.05, 3.63) is 57.3 Å². The molecule has 0 saturated carbocycles. The zero-order valence-electron chi connectivity index (χ0n) is 13.7. The largest absolute Gasteiger partial charge is 0.488 e. The zero-order valence-corrected chi connectivity index (χ0v) is 14.5. The van der Waals surface area contributed by atoms with Gasteiger partial charge >= 0.3 is 5.97 Å². The number of carboxylic acid groups (broad SMARTS) is 1. The van der Waals surface area contributed by atoms with Crippen LogP contribution in [0.3, 0.4) is 0 Å². The molecule has 1 aromatic heterocycles. The molecule has 0 saturated heterocycles. The minimum absolute atomic E-state index is 0.0231. The van der Waals surface area contributed by atoms with E-state index in [4.69, 9.17) is 9.84 Å². The normalized spacial score (nSPS) is 14.6. The second kappa shape index (κ2) is 7.64. The number of carbonyl (C=O) groups is 1. The van der Waals surface area contributed by atoms with Crippen molar-refractivity contribution in [2.45, 2.75) is 26.4 Å². The van der Waals surface area contributed by atoms with Gasteiger partial charge in [-0.2, -0.15) is 0 Å². The van der Waals surface area contributed by atoms with Gasteiger partial charge < -0.3 is 15.2 Å². The van der Waals surface area contributed by atoms with Crippen LogP contribution in [0.2, 0.25) is 0 Å². The number of fused-ring (bicyclic) bond motifs is 2. The first-order valence-corrected chi connectivity index (χ1v) is 9.02. The molecule has 2 heterocycles. The lowest BCUT2D eigenvalue weighted by atomic mass is 9.97. The average molecular weight is 343 g/mol. The van der Waals surface area contributed by atoms with E-state index in [0.717, 1.165) is 42.0 Å². The van der Waals surface area contributed by atoms with Crippen LogP contribution in [0.1, 0.15) is 34.9 Å². The topological polar surface area (TPSA) is 58.6 Å². The van der Waals surface area contributed by atoms with Gasteiger partial charge in [0.15, 0.2) is 0 Å². The van der Waals surface area contributed by atoms with E-state index < -0.39 is 5.97 Å². The van der Waals surface area contributed by atoms with E-state index >= 15 is 0 Å². The fourth-order valence-corrected chi connectivity index (χ4v) is 3.83. The Kier molecular flexibility index (Phi) is 5.33. The molecule has 0 fully saturated rings. The highest BCUT2D eigenvalue weighted by atomic mass is 32.1. The van der Waals surface area contributed by atoms with Crippen LogP contribution >= 0.6 is 11.3 Å². The summed E-state index contributed by atoms with van der Waals surface area (Å²) in [7, 11) is 0. The molecule has 2 aromatic rings. The minimum Gasteiger partial charge on any atom is -0.488 e. The van der Waals surface area contributed by atoms with Gasteiger partial charge in [0, 0.05) is 16.0 Å². The van der Waals surface area contributed by atoms with E-state index in [-0.39, 0.29) is 6.42 Å². The summed E-state index contributed by atoms with van der Waals surface area (Å²) in [4.78, 5) is 12.3. The summed E-state index contributed by atoms with van der Waals surface area (Å²) in [5, 5.41) is 14.5. The van der Waals surface area contributed by atoms with Crippen molar-refractivity contribution >= 4 is 22.9 Å². The lowest BCUT2D eigenvalue weighted by Crippen LogP contribution is -2.13. The van der Waals surface area contributed by atoms with Gasteiger partial charge in [-0.1, -0.05) is 19.1 Å². The Hall–Kier alpha value is -2.11. The number of benzene rings is 1. The number of carboxylic acids is 1. The lowest BCUT2D eigenvalue weighted by Gasteiger charge is -2.11. The Labute approximate surface area is 145 Å². The molecular weight excluding hydrogens is 322 g/mol. The second-order valence-electron chi connectivity index (χ2n) is 5.72. The maximum absolute atomic E-state index is 11.0. The maximum Gasteiger partial charge on any atom is 0.307 e. The Morgan fingerprint density at radius 1 is 1.42 bits per heavy atom. The van der Waals surface area contributed by atoms with Crippen molar-refractivity contribution in [3.8, 4) is 5.75 Å². The number of ether oxygens (including phenoxy) is 1. The molecule has 2 N–H and O–H groups in total. The maximum atomic E-state index is 11.0. The van der Waals surface area contributed by atoms with Crippen LogP contribution in [0.5, 0.6) is 5.75 Å². The standard InChI is InChI=1S/C19H21NO3S/c1-2-20-8-3-4-15-16-10-13(11-18(21)22)5-6-17(16)23-12-14-7-9-24-19(14)15/h4-7,9-10,20H,2-3,8,11-12H2,1H3,(H,21,22)/b15-4-. The summed E-state index contributed by atoms with van der Waals surface area (Å²) in [6.45, 7) is 4.52. The molecule has 126 valence electrons. The third-order valence-corrected chi connectivity index (χ3v) is 4.97. The lowest BCUT2D eigenvalue weighted by molar-refractivity contribution is -0.136. The quantitative estimate of drug-likeness (QED) is 0.785. The Morgan fingerprint density at radius 2 is 2.29 bits per heavy atom. The molecule has 1 aliphatic heterocycles. The molecule has 1 aromatic carbocycles. The molecule has 1 aliphatic rings.